The van der Waals surface area contributed by atoms with Gasteiger partial charge in [-0.05, 0) is 49.7 Å². The molecule has 1 aliphatic rings. The number of amides is 2. The van der Waals surface area contributed by atoms with Crippen LogP contribution in [0.4, 0.5) is 32.8 Å². The number of carbonyl (C=O) groups is 2. The van der Waals surface area contributed by atoms with Gasteiger partial charge in [-0.1, -0.05) is 12.1 Å². The molecule has 0 aliphatic carbocycles. The maximum atomic E-state index is 14.1. The topological polar surface area (TPSA) is 123 Å². The Morgan fingerprint density at radius 1 is 1.08 bits per heavy atom. The molecule has 10 nitrogen and oxygen atoms in total. The minimum atomic E-state index is -5.13. The van der Waals surface area contributed by atoms with Crippen molar-refractivity contribution in [3.8, 4) is 11.4 Å². The Kier molecular flexibility index (Phi) is 6.51. The number of halogens is 4. The van der Waals surface area contributed by atoms with E-state index in [0.717, 1.165) is 22.9 Å². The van der Waals surface area contributed by atoms with Crippen molar-refractivity contribution in [3.63, 3.8) is 0 Å². The molecule has 4 rings (SSSR count). The third kappa shape index (κ3) is 5.10. The first-order chi connectivity index (χ1) is 17.7. The van der Waals surface area contributed by atoms with E-state index in [2.05, 4.69) is 10.1 Å². The van der Waals surface area contributed by atoms with Crippen LogP contribution < -0.4 is 26.2 Å². The SMILES string of the molecule is CC1(C)CN(c2ccc(-n3cc(OC(=O)O)c(=O)n(Cc4cccc(F)c4C(F)(F)F)c3=O)cc2)C(=O)N1. The van der Waals surface area contributed by atoms with E-state index < -0.39 is 58.4 Å². The Hall–Kier alpha value is -4.62. The van der Waals surface area contributed by atoms with Crippen LogP contribution in [0.25, 0.3) is 5.69 Å². The number of carboxylic acid groups (broad SMARTS) is 1. The van der Waals surface area contributed by atoms with E-state index >= 15 is 0 Å². The molecular weight excluding hydrogens is 516 g/mol. The Morgan fingerprint density at radius 2 is 1.71 bits per heavy atom. The van der Waals surface area contributed by atoms with E-state index in [4.69, 9.17) is 5.11 Å². The molecule has 38 heavy (non-hydrogen) atoms. The van der Waals surface area contributed by atoms with Gasteiger partial charge in [0.05, 0.1) is 36.1 Å². The lowest BCUT2D eigenvalue weighted by Gasteiger charge is -2.19. The Bertz CT molecular complexity index is 1540. The molecule has 2 heterocycles. The normalized spacial score (nSPS) is 14.9. The van der Waals surface area contributed by atoms with Gasteiger partial charge >= 0.3 is 24.1 Å². The van der Waals surface area contributed by atoms with Crippen LogP contribution in [-0.2, 0) is 12.7 Å². The summed E-state index contributed by atoms with van der Waals surface area (Å²) in [6, 6.07) is 7.87. The first-order valence-electron chi connectivity index (χ1n) is 11.0. The molecule has 2 amide bonds. The molecule has 0 saturated carbocycles. The van der Waals surface area contributed by atoms with Gasteiger partial charge in [-0.2, -0.15) is 13.2 Å². The maximum Gasteiger partial charge on any atom is 0.511 e. The number of hydrogen-bond donors (Lipinski definition) is 2. The molecule has 0 spiro atoms. The van der Waals surface area contributed by atoms with Crippen LogP contribution in [0.2, 0.25) is 0 Å². The smallest absolute Gasteiger partial charge is 0.449 e. The zero-order chi connectivity index (χ0) is 28.0. The van der Waals surface area contributed by atoms with Crippen LogP contribution >= 0.6 is 0 Å². The van der Waals surface area contributed by atoms with Crippen LogP contribution in [0.15, 0.2) is 58.3 Å². The van der Waals surface area contributed by atoms with Gasteiger partial charge < -0.3 is 15.2 Å². The highest BCUT2D eigenvalue weighted by Gasteiger charge is 2.37. The predicted octanol–water partition coefficient (Wildman–Crippen LogP) is 3.57. The van der Waals surface area contributed by atoms with E-state index in [1.165, 1.54) is 29.2 Å². The average Bonchev–Trinajstić information content (AvgIpc) is 3.09. The molecule has 1 aliphatic heterocycles. The molecular formula is C24H20F4N4O6. The van der Waals surface area contributed by atoms with E-state index in [1.807, 2.05) is 13.8 Å². The molecule has 1 fully saturated rings. The molecule has 200 valence electrons. The summed E-state index contributed by atoms with van der Waals surface area (Å²) >= 11 is 0. The summed E-state index contributed by atoms with van der Waals surface area (Å²) in [6.45, 7) is 2.98. The summed E-state index contributed by atoms with van der Waals surface area (Å²) in [7, 11) is 0. The number of hydrogen-bond acceptors (Lipinski definition) is 5. The molecule has 0 atom stereocenters. The van der Waals surface area contributed by atoms with Crippen molar-refractivity contribution in [1.82, 2.24) is 14.5 Å². The second-order valence-electron chi connectivity index (χ2n) is 9.09. The van der Waals surface area contributed by atoms with E-state index in [-0.39, 0.29) is 11.7 Å². The minimum absolute atomic E-state index is 0.0805. The molecule has 14 heteroatoms. The number of nitrogens with one attached hydrogen (secondary N) is 1. The van der Waals surface area contributed by atoms with Crippen molar-refractivity contribution in [1.29, 1.82) is 0 Å². The van der Waals surface area contributed by atoms with Gasteiger partial charge in [-0.25, -0.2) is 18.8 Å². The standard InChI is InChI=1S/C24H20F4N4O6/c1-23(2)12-32(20(34)29-23)15-8-6-14(7-9-15)30-11-17(38-22(36)37)19(33)31(21(30)35)10-13-4-3-5-16(25)18(13)24(26,27)28/h3-9,11H,10,12H2,1-2H3,(H,29,34)(H,36,37). The van der Waals surface area contributed by atoms with Crippen LogP contribution in [0.5, 0.6) is 5.75 Å². The van der Waals surface area contributed by atoms with Crippen LogP contribution in [0, 0.1) is 5.82 Å². The van der Waals surface area contributed by atoms with Crippen LogP contribution in [0.3, 0.4) is 0 Å². The molecule has 1 aromatic heterocycles. The predicted molar refractivity (Wildman–Crippen MR) is 125 cm³/mol. The molecule has 1 saturated heterocycles. The quantitative estimate of drug-likeness (QED) is 0.380. The Balaban J connectivity index is 1.82. The number of ether oxygens (including phenoxy) is 1. The largest absolute Gasteiger partial charge is 0.511 e. The highest BCUT2D eigenvalue weighted by molar-refractivity contribution is 5.95. The number of rotatable bonds is 5. The number of urea groups is 1. The van der Waals surface area contributed by atoms with E-state index in [9.17, 15) is 36.7 Å². The van der Waals surface area contributed by atoms with Gasteiger partial charge in [0.25, 0.3) is 5.56 Å². The van der Waals surface area contributed by atoms with Gasteiger partial charge in [-0.3, -0.25) is 18.8 Å². The van der Waals surface area contributed by atoms with Crippen LogP contribution in [0.1, 0.15) is 25.0 Å². The molecule has 0 bridgehead atoms. The molecule has 2 aromatic carbocycles. The minimum Gasteiger partial charge on any atom is -0.449 e. The van der Waals surface area contributed by atoms with Crippen molar-refractivity contribution in [3.05, 3.63) is 86.4 Å². The summed E-state index contributed by atoms with van der Waals surface area (Å²) in [5.74, 6) is -2.47. The summed E-state index contributed by atoms with van der Waals surface area (Å²) < 4.78 is 60.2. The number of anilines is 1. The second kappa shape index (κ2) is 9.36. The fraction of sp³-hybridized carbons (Fsp3) is 0.250. The van der Waals surface area contributed by atoms with Gasteiger partial charge in [0.15, 0.2) is 0 Å². The van der Waals surface area contributed by atoms with Crippen molar-refractivity contribution in [2.45, 2.75) is 32.1 Å². The maximum absolute atomic E-state index is 14.1. The lowest BCUT2D eigenvalue weighted by Crippen LogP contribution is -2.40. The number of carbonyl (C=O) groups excluding carboxylic acids is 1. The number of alkyl halides is 3. The summed E-state index contributed by atoms with van der Waals surface area (Å²) in [4.78, 5) is 50.9. The van der Waals surface area contributed by atoms with E-state index in [1.54, 1.807) is 0 Å². The molecule has 0 unspecified atom stereocenters. The van der Waals surface area contributed by atoms with Crippen molar-refractivity contribution < 1.29 is 37.0 Å². The van der Waals surface area contributed by atoms with Crippen LogP contribution in [-0.4, -0.2) is 38.5 Å². The fourth-order valence-electron chi connectivity index (χ4n) is 4.12. The summed E-state index contributed by atoms with van der Waals surface area (Å²) in [6.07, 6.45) is -6.25. The number of benzene rings is 2. The first kappa shape index (κ1) is 26.4. The average molecular weight is 536 g/mol. The lowest BCUT2D eigenvalue weighted by atomic mass is 10.1. The summed E-state index contributed by atoms with van der Waals surface area (Å²) in [5, 5.41) is 11.8. The highest BCUT2D eigenvalue weighted by Crippen LogP contribution is 2.34. The zero-order valence-corrected chi connectivity index (χ0v) is 19.9. The molecule has 3 aromatic rings. The number of nitrogens with zero attached hydrogens (tertiary/aromatic N) is 3. The first-order valence-corrected chi connectivity index (χ1v) is 11.0. The van der Waals surface area contributed by atoms with Crippen molar-refractivity contribution in [2.24, 2.45) is 0 Å². The Morgan fingerprint density at radius 3 is 2.26 bits per heavy atom. The highest BCUT2D eigenvalue weighted by atomic mass is 19.4. The fourth-order valence-corrected chi connectivity index (χ4v) is 4.12. The van der Waals surface area contributed by atoms with Gasteiger partial charge in [-0.15, -0.1) is 0 Å². The van der Waals surface area contributed by atoms with Gasteiger partial charge in [0.1, 0.15) is 5.82 Å². The number of aromatic nitrogens is 2. The summed E-state index contributed by atoms with van der Waals surface area (Å²) in [5.41, 5.74) is -4.81. The molecule has 0 radical (unpaired) electrons. The monoisotopic (exact) mass is 536 g/mol. The van der Waals surface area contributed by atoms with Crippen molar-refractivity contribution in [2.75, 3.05) is 11.4 Å². The van der Waals surface area contributed by atoms with E-state index in [0.29, 0.717) is 22.9 Å². The lowest BCUT2D eigenvalue weighted by molar-refractivity contribution is -0.140. The van der Waals surface area contributed by atoms with Crippen molar-refractivity contribution >= 4 is 17.9 Å². The Labute approximate surface area is 211 Å². The molecule has 2 N–H and O–H groups in total. The zero-order valence-electron chi connectivity index (χ0n) is 19.9. The van der Waals surface area contributed by atoms with Gasteiger partial charge in [0.2, 0.25) is 5.75 Å². The second-order valence-corrected chi connectivity index (χ2v) is 9.09. The van der Waals surface area contributed by atoms with Gasteiger partial charge in [0, 0.05) is 5.69 Å². The third-order valence-corrected chi connectivity index (χ3v) is 5.73. The third-order valence-electron chi connectivity index (χ3n) is 5.73.